The molecule has 0 saturated carbocycles. The van der Waals surface area contributed by atoms with Crippen molar-refractivity contribution < 1.29 is 9.84 Å². The summed E-state index contributed by atoms with van der Waals surface area (Å²) in [6, 6.07) is 11.5. The molecule has 2 heterocycles. The number of benzene rings is 1. The molecule has 2 aromatic rings. The van der Waals surface area contributed by atoms with Crippen LogP contribution in [0.1, 0.15) is 23.5 Å². The first kappa shape index (κ1) is 15.0. The van der Waals surface area contributed by atoms with Crippen LogP contribution in [0, 0.1) is 5.92 Å². The highest BCUT2D eigenvalue weighted by Gasteiger charge is 2.23. The minimum Gasteiger partial charge on any atom is -0.508 e. The van der Waals surface area contributed by atoms with E-state index in [-0.39, 0.29) is 0 Å². The van der Waals surface area contributed by atoms with Crippen LogP contribution in [-0.2, 0) is 11.3 Å². The van der Waals surface area contributed by atoms with Crippen molar-refractivity contribution in [1.29, 1.82) is 0 Å². The van der Waals surface area contributed by atoms with E-state index < -0.39 is 0 Å². The number of aromatic nitrogens is 1. The minimum absolute atomic E-state index is 0.323. The van der Waals surface area contributed by atoms with Gasteiger partial charge in [-0.25, -0.2) is 0 Å². The van der Waals surface area contributed by atoms with Crippen molar-refractivity contribution in [3.8, 4) is 5.75 Å². The van der Waals surface area contributed by atoms with Gasteiger partial charge in [0, 0.05) is 25.5 Å². The van der Waals surface area contributed by atoms with Crippen LogP contribution >= 0.6 is 0 Å². The molecular weight excluding hydrogens is 276 g/mol. The molecule has 1 aliphatic heterocycles. The first-order valence-corrected chi connectivity index (χ1v) is 7.77. The molecule has 2 atom stereocenters. The number of nitrogens with one attached hydrogen (secondary N) is 1. The quantitative estimate of drug-likeness (QED) is 0.891. The molecule has 4 heteroatoms. The van der Waals surface area contributed by atoms with E-state index >= 15 is 0 Å². The Kier molecular flexibility index (Phi) is 5.03. The second-order valence-corrected chi connectivity index (χ2v) is 5.92. The predicted octanol–water partition coefficient (Wildman–Crippen LogP) is 2.70. The number of phenols is 1. The van der Waals surface area contributed by atoms with Gasteiger partial charge >= 0.3 is 0 Å². The molecular formula is C18H22N2O2. The van der Waals surface area contributed by atoms with E-state index in [1.807, 2.05) is 30.5 Å². The van der Waals surface area contributed by atoms with Crippen LogP contribution in [0.15, 0.2) is 48.8 Å². The Bertz CT molecular complexity index is 571. The Morgan fingerprint density at radius 3 is 2.82 bits per heavy atom. The van der Waals surface area contributed by atoms with Gasteiger partial charge in [-0.1, -0.05) is 18.2 Å². The molecule has 2 N–H and O–H groups in total. The van der Waals surface area contributed by atoms with Gasteiger partial charge in [0.1, 0.15) is 5.75 Å². The van der Waals surface area contributed by atoms with Gasteiger partial charge in [-0.05, 0) is 47.6 Å². The average molecular weight is 298 g/mol. The van der Waals surface area contributed by atoms with Crippen LogP contribution in [-0.4, -0.2) is 29.8 Å². The molecule has 2 unspecified atom stereocenters. The first-order valence-electron chi connectivity index (χ1n) is 7.77. The number of hydrogen-bond acceptors (Lipinski definition) is 4. The van der Waals surface area contributed by atoms with Gasteiger partial charge in [0.2, 0.25) is 0 Å². The van der Waals surface area contributed by atoms with Gasteiger partial charge in [0.15, 0.2) is 0 Å². The van der Waals surface area contributed by atoms with Crippen LogP contribution in [0.2, 0.25) is 0 Å². The Morgan fingerprint density at radius 1 is 1.18 bits per heavy atom. The minimum atomic E-state index is 0.323. The van der Waals surface area contributed by atoms with Crippen molar-refractivity contribution in [2.24, 2.45) is 5.92 Å². The van der Waals surface area contributed by atoms with Crippen molar-refractivity contribution >= 4 is 0 Å². The first-order chi connectivity index (χ1) is 10.8. The molecule has 22 heavy (non-hydrogen) atoms. The molecule has 1 aromatic heterocycles. The number of phenolic OH excluding ortho intramolecular Hbond substituents is 1. The highest BCUT2D eigenvalue weighted by molar-refractivity contribution is 5.28. The summed E-state index contributed by atoms with van der Waals surface area (Å²) in [5.41, 5.74) is 2.39. The van der Waals surface area contributed by atoms with Gasteiger partial charge < -0.3 is 15.2 Å². The summed E-state index contributed by atoms with van der Waals surface area (Å²) in [6.45, 7) is 3.37. The molecule has 3 rings (SSSR count). The molecule has 1 saturated heterocycles. The highest BCUT2D eigenvalue weighted by atomic mass is 16.5. The lowest BCUT2D eigenvalue weighted by Gasteiger charge is -2.30. The standard InChI is InChI=1S/C18H22N2O2/c21-18-5-3-16(4-6-18)17-8-15(10-20-11-17)13-22-12-14-2-1-7-19-9-14/h1-7,9,15,17,20-21H,8,10-13H2. The van der Waals surface area contributed by atoms with E-state index in [2.05, 4.69) is 10.3 Å². The summed E-state index contributed by atoms with van der Waals surface area (Å²) in [5.74, 6) is 1.33. The van der Waals surface area contributed by atoms with Crippen molar-refractivity contribution in [3.63, 3.8) is 0 Å². The van der Waals surface area contributed by atoms with Gasteiger partial charge in [0.25, 0.3) is 0 Å². The normalized spacial score (nSPS) is 21.6. The van der Waals surface area contributed by atoms with Gasteiger partial charge in [0.05, 0.1) is 13.2 Å². The van der Waals surface area contributed by atoms with Crippen molar-refractivity contribution in [2.75, 3.05) is 19.7 Å². The highest BCUT2D eigenvalue weighted by Crippen LogP contribution is 2.27. The summed E-state index contributed by atoms with van der Waals surface area (Å²) in [6.07, 6.45) is 4.74. The summed E-state index contributed by atoms with van der Waals surface area (Å²) in [7, 11) is 0. The van der Waals surface area contributed by atoms with E-state index in [1.54, 1.807) is 18.3 Å². The number of pyridine rings is 1. The topological polar surface area (TPSA) is 54.4 Å². The second-order valence-electron chi connectivity index (χ2n) is 5.92. The number of rotatable bonds is 5. The molecule has 0 spiro atoms. The third-order valence-corrected chi connectivity index (χ3v) is 4.15. The van der Waals surface area contributed by atoms with E-state index in [1.165, 1.54) is 5.56 Å². The zero-order valence-corrected chi connectivity index (χ0v) is 12.6. The van der Waals surface area contributed by atoms with E-state index in [4.69, 9.17) is 4.74 Å². The molecule has 1 aromatic carbocycles. The van der Waals surface area contributed by atoms with Gasteiger partial charge in [-0.3, -0.25) is 4.98 Å². The SMILES string of the molecule is Oc1ccc(C2CNCC(COCc3cccnc3)C2)cc1. The number of ether oxygens (including phenoxy) is 1. The van der Waals surface area contributed by atoms with Crippen molar-refractivity contribution in [2.45, 2.75) is 18.9 Å². The molecule has 0 radical (unpaired) electrons. The third kappa shape index (κ3) is 4.06. The van der Waals surface area contributed by atoms with Gasteiger partial charge in [-0.2, -0.15) is 0 Å². The van der Waals surface area contributed by atoms with Gasteiger partial charge in [-0.15, -0.1) is 0 Å². The number of piperidine rings is 1. The Morgan fingerprint density at radius 2 is 2.05 bits per heavy atom. The van der Waals surface area contributed by atoms with Crippen LogP contribution in [0.3, 0.4) is 0 Å². The largest absolute Gasteiger partial charge is 0.508 e. The Hall–Kier alpha value is -1.91. The van der Waals surface area contributed by atoms with E-state index in [9.17, 15) is 5.11 Å². The summed E-state index contributed by atoms with van der Waals surface area (Å²) in [5, 5.41) is 12.9. The molecule has 0 aliphatic carbocycles. The van der Waals surface area contributed by atoms with Crippen molar-refractivity contribution in [1.82, 2.24) is 10.3 Å². The number of nitrogens with zero attached hydrogens (tertiary/aromatic N) is 1. The number of hydrogen-bond donors (Lipinski definition) is 2. The second kappa shape index (κ2) is 7.38. The molecule has 0 amide bonds. The fraction of sp³-hybridized carbons (Fsp3) is 0.389. The molecule has 1 aliphatic rings. The maximum atomic E-state index is 9.39. The van der Waals surface area contributed by atoms with Crippen LogP contribution < -0.4 is 5.32 Å². The average Bonchev–Trinajstić information content (AvgIpc) is 2.57. The Labute approximate surface area is 131 Å². The van der Waals surface area contributed by atoms with Crippen LogP contribution in [0.25, 0.3) is 0 Å². The third-order valence-electron chi connectivity index (χ3n) is 4.15. The van der Waals surface area contributed by atoms with Crippen LogP contribution in [0.4, 0.5) is 0 Å². The van der Waals surface area contributed by atoms with E-state index in [0.717, 1.165) is 31.7 Å². The van der Waals surface area contributed by atoms with Crippen LogP contribution in [0.5, 0.6) is 5.75 Å². The summed E-state index contributed by atoms with van der Waals surface area (Å²) >= 11 is 0. The molecule has 116 valence electrons. The van der Waals surface area contributed by atoms with Crippen molar-refractivity contribution in [3.05, 3.63) is 59.9 Å². The predicted molar refractivity (Wildman–Crippen MR) is 85.7 cm³/mol. The maximum absolute atomic E-state index is 9.39. The zero-order valence-electron chi connectivity index (χ0n) is 12.6. The molecule has 0 bridgehead atoms. The maximum Gasteiger partial charge on any atom is 0.115 e. The fourth-order valence-corrected chi connectivity index (χ4v) is 2.99. The smallest absolute Gasteiger partial charge is 0.115 e. The lowest BCUT2D eigenvalue weighted by atomic mass is 9.86. The number of aromatic hydroxyl groups is 1. The lowest BCUT2D eigenvalue weighted by Crippen LogP contribution is -2.37. The molecule has 1 fully saturated rings. The lowest BCUT2D eigenvalue weighted by molar-refractivity contribution is 0.0750. The monoisotopic (exact) mass is 298 g/mol. The molecule has 4 nitrogen and oxygen atoms in total. The summed E-state index contributed by atoms with van der Waals surface area (Å²) < 4.78 is 5.84. The Balaban J connectivity index is 1.49. The van der Waals surface area contributed by atoms with E-state index in [0.29, 0.717) is 24.2 Å². The fourth-order valence-electron chi connectivity index (χ4n) is 2.99. The zero-order chi connectivity index (χ0) is 15.2. The summed E-state index contributed by atoms with van der Waals surface area (Å²) in [4.78, 5) is 4.10.